The van der Waals surface area contributed by atoms with Gasteiger partial charge in [0.1, 0.15) is 10.7 Å². The Hall–Kier alpha value is -2.27. The smallest absolute Gasteiger partial charge is 0.144 e. The van der Waals surface area contributed by atoms with Crippen molar-refractivity contribution in [1.29, 1.82) is 0 Å². The van der Waals surface area contributed by atoms with E-state index in [4.69, 9.17) is 4.98 Å². The molecule has 0 atom stereocenters. The zero-order valence-electron chi connectivity index (χ0n) is 13.9. The van der Waals surface area contributed by atoms with E-state index in [2.05, 4.69) is 53.3 Å². The van der Waals surface area contributed by atoms with Crippen LogP contribution in [0.25, 0.3) is 27.7 Å². The molecule has 0 aromatic carbocycles. The van der Waals surface area contributed by atoms with Crippen molar-refractivity contribution in [3.05, 3.63) is 47.9 Å². The van der Waals surface area contributed by atoms with E-state index in [1.165, 1.54) is 11.3 Å². The van der Waals surface area contributed by atoms with Crippen molar-refractivity contribution in [3.63, 3.8) is 0 Å². The number of allylic oxidation sites excluding steroid dienone is 1. The van der Waals surface area contributed by atoms with E-state index in [1.807, 2.05) is 6.92 Å². The first kappa shape index (κ1) is 15.6. The molecule has 0 aliphatic carbocycles. The van der Waals surface area contributed by atoms with Crippen LogP contribution < -0.4 is 0 Å². The van der Waals surface area contributed by atoms with Gasteiger partial charge in [-0.3, -0.25) is 9.97 Å². The Morgan fingerprint density at radius 2 is 2.04 bits per heavy atom. The van der Waals surface area contributed by atoms with E-state index in [0.717, 1.165) is 27.7 Å². The summed E-state index contributed by atoms with van der Waals surface area (Å²) in [5, 5.41) is 2.97. The summed E-state index contributed by atoms with van der Waals surface area (Å²) in [4.78, 5) is 13.2. The first-order valence-corrected chi connectivity index (χ1v) is 8.47. The first-order chi connectivity index (χ1) is 11.0. The Kier molecular flexibility index (Phi) is 4.13. The fourth-order valence-electron chi connectivity index (χ4n) is 2.83. The van der Waals surface area contributed by atoms with Crippen molar-refractivity contribution < 1.29 is 0 Å². The lowest BCUT2D eigenvalue weighted by Crippen LogP contribution is -2.05. The third-order valence-corrected chi connectivity index (χ3v) is 4.68. The number of rotatable bonds is 4. The van der Waals surface area contributed by atoms with Gasteiger partial charge in [-0.05, 0) is 44.9 Å². The number of thiazole rings is 1. The quantitative estimate of drug-likeness (QED) is 0.679. The highest BCUT2D eigenvalue weighted by Gasteiger charge is 2.18. The summed E-state index contributed by atoms with van der Waals surface area (Å²) in [7, 11) is 0. The second-order valence-electron chi connectivity index (χ2n) is 5.90. The Morgan fingerprint density at radius 3 is 2.65 bits per heavy atom. The molecule has 3 rings (SSSR count). The summed E-state index contributed by atoms with van der Waals surface area (Å²) in [5.41, 5.74) is 6.41. The third kappa shape index (κ3) is 2.84. The van der Waals surface area contributed by atoms with Crippen LogP contribution in [0.5, 0.6) is 0 Å². The van der Waals surface area contributed by atoms with Crippen molar-refractivity contribution in [1.82, 2.24) is 19.5 Å². The van der Waals surface area contributed by atoms with Gasteiger partial charge in [-0.15, -0.1) is 11.3 Å². The molecule has 3 heterocycles. The van der Waals surface area contributed by atoms with Gasteiger partial charge in [0, 0.05) is 29.5 Å². The molecule has 0 saturated heterocycles. The maximum Gasteiger partial charge on any atom is 0.144 e. The zero-order valence-corrected chi connectivity index (χ0v) is 14.7. The second kappa shape index (κ2) is 6.08. The van der Waals surface area contributed by atoms with E-state index in [-0.39, 0.29) is 0 Å². The van der Waals surface area contributed by atoms with Crippen LogP contribution in [0.2, 0.25) is 0 Å². The molecule has 0 bridgehead atoms. The van der Waals surface area contributed by atoms with Crippen molar-refractivity contribution >= 4 is 16.9 Å². The molecule has 4 nitrogen and oxygen atoms in total. The molecule has 5 heteroatoms. The maximum atomic E-state index is 4.77. The van der Waals surface area contributed by atoms with Crippen LogP contribution in [0.3, 0.4) is 0 Å². The highest BCUT2D eigenvalue weighted by molar-refractivity contribution is 7.13. The largest absolute Gasteiger partial charge is 0.340 e. The van der Waals surface area contributed by atoms with Crippen LogP contribution in [0.15, 0.2) is 36.6 Å². The lowest BCUT2D eigenvalue weighted by Gasteiger charge is -2.15. The summed E-state index contributed by atoms with van der Waals surface area (Å²) >= 11 is 1.59. The molecule has 3 aromatic heterocycles. The molecule has 0 amide bonds. The second-order valence-corrected chi connectivity index (χ2v) is 6.76. The van der Waals surface area contributed by atoms with Gasteiger partial charge in [0.2, 0.25) is 0 Å². The predicted molar refractivity (Wildman–Crippen MR) is 96.4 cm³/mol. The van der Waals surface area contributed by atoms with Gasteiger partial charge < -0.3 is 4.57 Å². The van der Waals surface area contributed by atoms with Crippen LogP contribution in [0.4, 0.5) is 0 Å². The molecule has 0 unspecified atom stereocenters. The highest BCUT2D eigenvalue weighted by Crippen LogP contribution is 2.34. The minimum Gasteiger partial charge on any atom is -0.340 e. The molecule has 0 radical (unpaired) electrons. The monoisotopic (exact) mass is 324 g/mol. The fourth-order valence-corrected chi connectivity index (χ4v) is 3.61. The van der Waals surface area contributed by atoms with Gasteiger partial charge in [0.25, 0.3) is 0 Å². The van der Waals surface area contributed by atoms with Gasteiger partial charge in [0.05, 0.1) is 17.6 Å². The maximum absolute atomic E-state index is 4.77. The molecule has 0 aliphatic rings. The molecule has 118 valence electrons. The van der Waals surface area contributed by atoms with Crippen LogP contribution in [0, 0.1) is 6.92 Å². The van der Waals surface area contributed by atoms with Crippen molar-refractivity contribution in [2.24, 2.45) is 0 Å². The molecular formula is C18H20N4S. The van der Waals surface area contributed by atoms with Crippen molar-refractivity contribution in [2.45, 2.75) is 33.7 Å². The molecule has 0 N–H and O–H groups in total. The Balaban J connectivity index is 2.11. The van der Waals surface area contributed by atoms with Gasteiger partial charge in [-0.1, -0.05) is 6.58 Å². The molecule has 0 aliphatic heterocycles. The molecule has 0 fully saturated rings. The molecule has 3 aromatic rings. The highest BCUT2D eigenvalue weighted by atomic mass is 32.1. The Bertz CT molecular complexity index is 843. The summed E-state index contributed by atoms with van der Waals surface area (Å²) < 4.78 is 2.32. The number of hydrogen-bond donors (Lipinski definition) is 0. The van der Waals surface area contributed by atoms with Crippen LogP contribution in [-0.4, -0.2) is 19.5 Å². The van der Waals surface area contributed by atoms with Crippen molar-refractivity contribution in [2.75, 3.05) is 0 Å². The van der Waals surface area contributed by atoms with E-state index in [9.17, 15) is 0 Å². The summed E-state index contributed by atoms with van der Waals surface area (Å²) in [5.74, 6) is 0. The van der Waals surface area contributed by atoms with Gasteiger partial charge >= 0.3 is 0 Å². The van der Waals surface area contributed by atoms with Gasteiger partial charge in [-0.25, -0.2) is 4.98 Å². The minimum absolute atomic E-state index is 0.361. The molecule has 0 saturated carbocycles. The topological polar surface area (TPSA) is 43.6 Å². The summed E-state index contributed by atoms with van der Waals surface area (Å²) in [6.45, 7) is 12.7. The lowest BCUT2D eigenvalue weighted by atomic mass is 10.1. The van der Waals surface area contributed by atoms with E-state index in [1.54, 1.807) is 29.9 Å². The average Bonchev–Trinajstić information content (AvgIpc) is 3.12. The Morgan fingerprint density at radius 1 is 1.26 bits per heavy atom. The predicted octanol–water partition coefficient (Wildman–Crippen LogP) is 4.99. The number of nitrogens with zero attached hydrogens (tertiary/aromatic N) is 4. The normalized spacial score (nSPS) is 11.2. The SMILES string of the molecule is C=C(C)c1cc(-c2csc(-c3cnccn3)n2)n(C(C)C)c1C. The minimum atomic E-state index is 0.361. The Labute approximate surface area is 140 Å². The standard InChI is InChI=1S/C18H20N4S/c1-11(2)14-8-17(22(12(3)4)13(14)5)16-10-23-18(21-16)15-9-19-6-7-20-15/h6-10,12H,1H2,2-5H3. The summed E-state index contributed by atoms with van der Waals surface area (Å²) in [6.07, 6.45) is 5.11. The van der Waals surface area contributed by atoms with Crippen molar-refractivity contribution in [3.8, 4) is 22.1 Å². The van der Waals surface area contributed by atoms with Gasteiger partial charge in [0.15, 0.2) is 0 Å². The molecule has 23 heavy (non-hydrogen) atoms. The number of aromatic nitrogens is 4. The fraction of sp³-hybridized carbons (Fsp3) is 0.278. The molecular weight excluding hydrogens is 304 g/mol. The van der Waals surface area contributed by atoms with Crippen LogP contribution >= 0.6 is 11.3 Å². The number of hydrogen-bond acceptors (Lipinski definition) is 4. The molecule has 0 spiro atoms. The average molecular weight is 324 g/mol. The van der Waals surface area contributed by atoms with E-state index >= 15 is 0 Å². The van der Waals surface area contributed by atoms with Crippen LogP contribution in [-0.2, 0) is 0 Å². The van der Waals surface area contributed by atoms with Crippen LogP contribution in [0.1, 0.15) is 38.1 Å². The first-order valence-electron chi connectivity index (χ1n) is 7.59. The lowest BCUT2D eigenvalue weighted by molar-refractivity contribution is 0.594. The zero-order chi connectivity index (χ0) is 16.6. The van der Waals surface area contributed by atoms with E-state index in [0.29, 0.717) is 6.04 Å². The third-order valence-electron chi connectivity index (χ3n) is 3.82. The van der Waals surface area contributed by atoms with E-state index < -0.39 is 0 Å². The van der Waals surface area contributed by atoms with Gasteiger partial charge in [-0.2, -0.15) is 0 Å². The summed E-state index contributed by atoms with van der Waals surface area (Å²) in [6, 6.07) is 2.55.